The summed E-state index contributed by atoms with van der Waals surface area (Å²) in [5.74, 6) is 0.673. The number of carbonyl (C=O) groups excluding carboxylic acids is 1. The Bertz CT molecular complexity index is 227. The van der Waals surface area contributed by atoms with Gasteiger partial charge in [-0.3, -0.25) is 4.79 Å². The van der Waals surface area contributed by atoms with E-state index in [1.54, 1.807) is 0 Å². The lowest BCUT2D eigenvalue weighted by Gasteiger charge is -2.25. The molecular weight excluding hydrogens is 260 g/mol. The number of rotatable bonds is 14. The van der Waals surface area contributed by atoms with Crippen LogP contribution in [0.1, 0.15) is 85.0 Å². The molecule has 0 aromatic carbocycles. The molecule has 3 heteroatoms. The quantitative estimate of drug-likeness (QED) is 0.485. The molecule has 0 heterocycles. The highest BCUT2D eigenvalue weighted by atomic mass is 16.2. The molecule has 21 heavy (non-hydrogen) atoms. The van der Waals surface area contributed by atoms with Crippen molar-refractivity contribution in [2.24, 2.45) is 11.7 Å². The first-order valence-electron chi connectivity index (χ1n) is 9.17. The fraction of sp³-hybridized carbons (Fsp3) is 0.944. The van der Waals surface area contributed by atoms with E-state index in [4.69, 9.17) is 5.73 Å². The van der Waals surface area contributed by atoms with Crippen molar-refractivity contribution in [3.05, 3.63) is 0 Å². The number of hydrogen-bond acceptors (Lipinski definition) is 2. The molecule has 0 aromatic heterocycles. The second-order valence-corrected chi connectivity index (χ2v) is 6.22. The minimum absolute atomic E-state index is 0.320. The highest BCUT2D eigenvalue weighted by Gasteiger charge is 2.16. The van der Waals surface area contributed by atoms with Gasteiger partial charge in [0.15, 0.2) is 0 Å². The summed E-state index contributed by atoms with van der Waals surface area (Å²) in [6.07, 6.45) is 11.4. The summed E-state index contributed by atoms with van der Waals surface area (Å²) in [5, 5.41) is 0. The average molecular weight is 299 g/mol. The largest absolute Gasteiger partial charge is 0.343 e. The van der Waals surface area contributed by atoms with Gasteiger partial charge in [0.05, 0.1) is 0 Å². The Balaban J connectivity index is 4.22. The third-order valence-corrected chi connectivity index (χ3v) is 4.29. The van der Waals surface area contributed by atoms with E-state index in [1.165, 1.54) is 38.5 Å². The highest BCUT2D eigenvalue weighted by Crippen LogP contribution is 2.12. The molecule has 126 valence electrons. The fourth-order valence-corrected chi connectivity index (χ4v) is 2.59. The summed E-state index contributed by atoms with van der Waals surface area (Å²) in [4.78, 5) is 14.6. The lowest BCUT2D eigenvalue weighted by atomic mass is 10.0. The van der Waals surface area contributed by atoms with Gasteiger partial charge < -0.3 is 10.6 Å². The van der Waals surface area contributed by atoms with Gasteiger partial charge in [-0.15, -0.1) is 0 Å². The van der Waals surface area contributed by atoms with Crippen LogP contribution >= 0.6 is 0 Å². The first-order valence-corrected chi connectivity index (χ1v) is 9.17. The molecule has 0 saturated carbocycles. The predicted octanol–water partition coefficient (Wildman–Crippen LogP) is 4.35. The zero-order valence-corrected chi connectivity index (χ0v) is 14.7. The molecule has 3 nitrogen and oxygen atoms in total. The molecule has 0 rings (SSSR count). The van der Waals surface area contributed by atoms with Crippen LogP contribution in [0.5, 0.6) is 0 Å². The SMILES string of the molecule is CCCCCCN(CCCCCC)C(=O)CC(CC)CN. The second-order valence-electron chi connectivity index (χ2n) is 6.22. The molecule has 0 saturated heterocycles. The molecule has 1 unspecified atom stereocenters. The maximum Gasteiger partial charge on any atom is 0.222 e. The van der Waals surface area contributed by atoms with E-state index in [2.05, 4.69) is 25.7 Å². The van der Waals surface area contributed by atoms with Gasteiger partial charge in [-0.1, -0.05) is 65.7 Å². The maximum atomic E-state index is 12.5. The number of carbonyl (C=O) groups is 1. The first kappa shape index (κ1) is 20.4. The Hall–Kier alpha value is -0.570. The van der Waals surface area contributed by atoms with Gasteiger partial charge in [0, 0.05) is 19.5 Å². The van der Waals surface area contributed by atoms with Gasteiger partial charge in [-0.25, -0.2) is 0 Å². The molecule has 0 spiro atoms. The summed E-state index contributed by atoms with van der Waals surface area (Å²) in [6.45, 7) is 9.07. The van der Waals surface area contributed by atoms with Crippen molar-refractivity contribution in [1.82, 2.24) is 4.90 Å². The molecule has 1 amide bonds. The van der Waals surface area contributed by atoms with E-state index in [0.717, 1.165) is 32.4 Å². The van der Waals surface area contributed by atoms with E-state index in [0.29, 0.717) is 24.8 Å². The summed E-state index contributed by atoms with van der Waals surface area (Å²) >= 11 is 0. The van der Waals surface area contributed by atoms with Gasteiger partial charge in [0.25, 0.3) is 0 Å². The minimum atomic E-state index is 0.320. The van der Waals surface area contributed by atoms with Crippen LogP contribution in [0.4, 0.5) is 0 Å². The number of hydrogen-bond donors (Lipinski definition) is 1. The topological polar surface area (TPSA) is 46.3 Å². The zero-order chi connectivity index (χ0) is 15.9. The molecular formula is C18H38N2O. The van der Waals surface area contributed by atoms with E-state index in [1.807, 2.05) is 0 Å². The third kappa shape index (κ3) is 10.8. The van der Waals surface area contributed by atoms with E-state index in [9.17, 15) is 4.79 Å². The van der Waals surface area contributed by atoms with Crippen molar-refractivity contribution >= 4 is 5.91 Å². The van der Waals surface area contributed by atoms with Crippen LogP contribution in [0, 0.1) is 5.92 Å². The lowest BCUT2D eigenvalue weighted by Crippen LogP contribution is -2.35. The number of nitrogens with zero attached hydrogens (tertiary/aromatic N) is 1. The maximum absolute atomic E-state index is 12.5. The van der Waals surface area contributed by atoms with Crippen molar-refractivity contribution in [2.75, 3.05) is 19.6 Å². The molecule has 0 aromatic rings. The van der Waals surface area contributed by atoms with Crippen LogP contribution in [0.25, 0.3) is 0 Å². The molecule has 0 fully saturated rings. The first-order chi connectivity index (χ1) is 10.2. The summed E-state index contributed by atoms with van der Waals surface area (Å²) < 4.78 is 0. The van der Waals surface area contributed by atoms with E-state index >= 15 is 0 Å². The monoisotopic (exact) mass is 298 g/mol. The van der Waals surface area contributed by atoms with Gasteiger partial charge in [-0.2, -0.15) is 0 Å². The molecule has 0 bridgehead atoms. The van der Waals surface area contributed by atoms with Crippen molar-refractivity contribution in [3.8, 4) is 0 Å². The van der Waals surface area contributed by atoms with Crippen LogP contribution in [0.15, 0.2) is 0 Å². The average Bonchev–Trinajstić information content (AvgIpc) is 2.50. The van der Waals surface area contributed by atoms with Crippen LogP contribution in [-0.4, -0.2) is 30.4 Å². The van der Waals surface area contributed by atoms with Gasteiger partial charge in [0.2, 0.25) is 5.91 Å². The van der Waals surface area contributed by atoms with Gasteiger partial charge >= 0.3 is 0 Å². The molecule has 0 aliphatic carbocycles. The summed E-state index contributed by atoms with van der Waals surface area (Å²) in [5.41, 5.74) is 5.74. The molecule has 0 aliphatic rings. The molecule has 0 radical (unpaired) electrons. The van der Waals surface area contributed by atoms with Crippen LogP contribution in [0.2, 0.25) is 0 Å². The molecule has 2 N–H and O–H groups in total. The Morgan fingerprint density at radius 2 is 1.43 bits per heavy atom. The zero-order valence-electron chi connectivity index (χ0n) is 14.7. The second kappa shape index (κ2) is 14.4. The van der Waals surface area contributed by atoms with E-state index in [-0.39, 0.29) is 0 Å². The van der Waals surface area contributed by atoms with Gasteiger partial charge in [-0.05, 0) is 25.3 Å². The predicted molar refractivity (Wildman–Crippen MR) is 92.3 cm³/mol. The van der Waals surface area contributed by atoms with Crippen LogP contribution in [0.3, 0.4) is 0 Å². The standard InChI is InChI=1S/C18H38N2O/c1-4-7-9-11-13-20(14-12-10-8-5-2)18(21)15-17(6-3)16-19/h17H,4-16,19H2,1-3H3. The molecule has 0 aliphatic heterocycles. The van der Waals surface area contributed by atoms with Gasteiger partial charge in [0.1, 0.15) is 0 Å². The Labute approximate surface area is 132 Å². The summed E-state index contributed by atoms with van der Waals surface area (Å²) in [6, 6.07) is 0. The Kier molecular flexibility index (Phi) is 14.0. The molecule has 1 atom stereocenters. The lowest BCUT2D eigenvalue weighted by molar-refractivity contribution is -0.132. The van der Waals surface area contributed by atoms with Crippen molar-refractivity contribution in [1.29, 1.82) is 0 Å². The fourth-order valence-electron chi connectivity index (χ4n) is 2.59. The number of unbranched alkanes of at least 4 members (excludes halogenated alkanes) is 6. The van der Waals surface area contributed by atoms with Crippen LogP contribution < -0.4 is 5.73 Å². The van der Waals surface area contributed by atoms with Crippen molar-refractivity contribution in [2.45, 2.75) is 85.0 Å². The van der Waals surface area contributed by atoms with Crippen molar-refractivity contribution in [3.63, 3.8) is 0 Å². The Morgan fingerprint density at radius 3 is 1.81 bits per heavy atom. The van der Waals surface area contributed by atoms with Crippen LogP contribution in [-0.2, 0) is 4.79 Å². The minimum Gasteiger partial charge on any atom is -0.343 e. The normalized spacial score (nSPS) is 12.4. The Morgan fingerprint density at radius 1 is 0.905 bits per heavy atom. The highest BCUT2D eigenvalue weighted by molar-refractivity contribution is 5.76. The third-order valence-electron chi connectivity index (χ3n) is 4.29. The smallest absolute Gasteiger partial charge is 0.222 e. The number of nitrogens with two attached hydrogens (primary N) is 1. The van der Waals surface area contributed by atoms with Crippen molar-refractivity contribution < 1.29 is 4.79 Å². The number of amides is 1. The van der Waals surface area contributed by atoms with E-state index < -0.39 is 0 Å². The summed E-state index contributed by atoms with van der Waals surface area (Å²) in [7, 11) is 0.